The van der Waals surface area contributed by atoms with Crippen molar-refractivity contribution < 1.29 is 14.4 Å². The van der Waals surface area contributed by atoms with E-state index < -0.39 is 6.04 Å². The molecule has 1 aromatic heterocycles. The van der Waals surface area contributed by atoms with Gasteiger partial charge < -0.3 is 15.1 Å². The fourth-order valence-electron chi connectivity index (χ4n) is 3.44. The lowest BCUT2D eigenvalue weighted by Gasteiger charge is -2.36. The standard InChI is InChI=1S/C22H27N5O3S/c1-16-4-3-5-17(14-16)20(28)25-18(6-13-31-2)21(29)26-9-11-27(12-10-26)22(30)19-15-23-7-8-24-19/h3-5,7-8,14-15,18H,6,9-13H2,1-2H3,(H,25,28). The van der Waals surface area contributed by atoms with Crippen molar-refractivity contribution in [3.05, 3.63) is 59.7 Å². The van der Waals surface area contributed by atoms with E-state index >= 15 is 0 Å². The highest BCUT2D eigenvalue weighted by Crippen LogP contribution is 2.12. The summed E-state index contributed by atoms with van der Waals surface area (Å²) in [6.45, 7) is 3.60. The predicted octanol–water partition coefficient (Wildman–Crippen LogP) is 1.62. The summed E-state index contributed by atoms with van der Waals surface area (Å²) in [5.74, 6) is 0.212. The summed E-state index contributed by atoms with van der Waals surface area (Å²) in [5, 5.41) is 2.91. The second kappa shape index (κ2) is 10.9. The van der Waals surface area contributed by atoms with Gasteiger partial charge in [-0.2, -0.15) is 11.8 Å². The number of amides is 3. The summed E-state index contributed by atoms with van der Waals surface area (Å²) in [5.41, 5.74) is 1.83. The van der Waals surface area contributed by atoms with E-state index in [9.17, 15) is 14.4 Å². The summed E-state index contributed by atoms with van der Waals surface area (Å²) < 4.78 is 0. The average Bonchev–Trinajstić information content (AvgIpc) is 2.81. The molecule has 1 saturated heterocycles. The van der Waals surface area contributed by atoms with Crippen molar-refractivity contribution >= 4 is 29.5 Å². The minimum Gasteiger partial charge on any atom is -0.340 e. The summed E-state index contributed by atoms with van der Waals surface area (Å²) in [6.07, 6.45) is 6.98. The number of nitrogens with zero attached hydrogens (tertiary/aromatic N) is 4. The fourth-order valence-corrected chi connectivity index (χ4v) is 3.91. The molecule has 0 spiro atoms. The Kier molecular flexibility index (Phi) is 8.00. The maximum atomic E-state index is 13.2. The Balaban J connectivity index is 1.61. The first-order valence-corrected chi connectivity index (χ1v) is 11.6. The van der Waals surface area contributed by atoms with Crippen LogP contribution in [0, 0.1) is 6.92 Å². The largest absolute Gasteiger partial charge is 0.340 e. The van der Waals surface area contributed by atoms with E-state index in [1.165, 1.54) is 18.6 Å². The molecule has 2 aromatic rings. The Bertz CT molecular complexity index is 916. The summed E-state index contributed by atoms with van der Waals surface area (Å²) in [6, 6.07) is 6.71. The summed E-state index contributed by atoms with van der Waals surface area (Å²) >= 11 is 1.63. The van der Waals surface area contributed by atoms with Gasteiger partial charge in [-0.3, -0.25) is 19.4 Å². The highest BCUT2D eigenvalue weighted by molar-refractivity contribution is 7.98. The molecule has 3 rings (SSSR count). The number of piperazine rings is 1. The van der Waals surface area contributed by atoms with Crippen molar-refractivity contribution in [2.75, 3.05) is 38.2 Å². The van der Waals surface area contributed by atoms with Crippen LogP contribution in [0.5, 0.6) is 0 Å². The lowest BCUT2D eigenvalue weighted by atomic mass is 10.1. The highest BCUT2D eigenvalue weighted by Gasteiger charge is 2.30. The van der Waals surface area contributed by atoms with E-state index in [2.05, 4.69) is 15.3 Å². The SMILES string of the molecule is CSCCC(NC(=O)c1cccc(C)c1)C(=O)N1CCN(C(=O)c2cnccn2)CC1. The van der Waals surface area contributed by atoms with Crippen LogP contribution in [-0.2, 0) is 4.79 Å². The Morgan fingerprint density at radius 2 is 1.87 bits per heavy atom. The van der Waals surface area contributed by atoms with E-state index in [1.807, 2.05) is 31.4 Å². The summed E-state index contributed by atoms with van der Waals surface area (Å²) in [4.78, 5) is 49.8. The lowest BCUT2D eigenvalue weighted by Crippen LogP contribution is -2.56. The first-order valence-electron chi connectivity index (χ1n) is 10.2. The van der Waals surface area contributed by atoms with Crippen LogP contribution in [0.2, 0.25) is 0 Å². The number of aromatic nitrogens is 2. The van der Waals surface area contributed by atoms with Gasteiger partial charge in [0.2, 0.25) is 5.91 Å². The van der Waals surface area contributed by atoms with E-state index in [1.54, 1.807) is 27.6 Å². The Morgan fingerprint density at radius 3 is 2.52 bits per heavy atom. The maximum Gasteiger partial charge on any atom is 0.274 e. The third kappa shape index (κ3) is 6.04. The number of carbonyl (C=O) groups excluding carboxylic acids is 3. The molecule has 1 unspecified atom stereocenters. The monoisotopic (exact) mass is 441 g/mol. The van der Waals surface area contributed by atoms with Gasteiger partial charge in [0.25, 0.3) is 11.8 Å². The Morgan fingerprint density at radius 1 is 1.13 bits per heavy atom. The second-order valence-electron chi connectivity index (χ2n) is 7.39. The average molecular weight is 442 g/mol. The first kappa shape index (κ1) is 22.7. The van der Waals surface area contributed by atoms with Crippen molar-refractivity contribution in [2.24, 2.45) is 0 Å². The number of benzene rings is 1. The van der Waals surface area contributed by atoms with Gasteiger partial charge in [-0.1, -0.05) is 17.7 Å². The fraction of sp³-hybridized carbons (Fsp3) is 0.409. The molecular weight excluding hydrogens is 414 g/mol. The van der Waals surface area contributed by atoms with Crippen LogP contribution in [0.25, 0.3) is 0 Å². The van der Waals surface area contributed by atoms with E-state index in [-0.39, 0.29) is 17.7 Å². The molecule has 1 atom stereocenters. The zero-order valence-corrected chi connectivity index (χ0v) is 18.6. The van der Waals surface area contributed by atoms with Crippen LogP contribution < -0.4 is 5.32 Å². The molecular formula is C22H27N5O3S. The molecule has 1 aromatic carbocycles. The van der Waals surface area contributed by atoms with Gasteiger partial charge in [-0.25, -0.2) is 4.98 Å². The maximum absolute atomic E-state index is 13.2. The molecule has 0 bridgehead atoms. The van der Waals surface area contributed by atoms with Gasteiger partial charge >= 0.3 is 0 Å². The van der Waals surface area contributed by atoms with E-state index in [4.69, 9.17) is 0 Å². The number of hydrogen-bond donors (Lipinski definition) is 1. The molecule has 2 heterocycles. The third-order valence-corrected chi connectivity index (χ3v) is 5.80. The van der Waals surface area contributed by atoms with Gasteiger partial charge in [0, 0.05) is 44.1 Å². The quantitative estimate of drug-likeness (QED) is 0.702. The van der Waals surface area contributed by atoms with Crippen molar-refractivity contribution in [1.29, 1.82) is 0 Å². The molecule has 9 heteroatoms. The van der Waals surface area contributed by atoms with Crippen LogP contribution in [0.3, 0.4) is 0 Å². The van der Waals surface area contributed by atoms with E-state index in [0.29, 0.717) is 43.9 Å². The van der Waals surface area contributed by atoms with Crippen LogP contribution >= 0.6 is 11.8 Å². The molecule has 8 nitrogen and oxygen atoms in total. The molecule has 0 aliphatic carbocycles. The lowest BCUT2D eigenvalue weighted by molar-refractivity contribution is -0.134. The predicted molar refractivity (Wildman–Crippen MR) is 120 cm³/mol. The normalized spacial score (nSPS) is 14.8. The number of hydrogen-bond acceptors (Lipinski definition) is 6. The molecule has 1 fully saturated rings. The van der Waals surface area contributed by atoms with Crippen LogP contribution in [0.1, 0.15) is 32.8 Å². The second-order valence-corrected chi connectivity index (χ2v) is 8.37. The Hall–Kier alpha value is -2.94. The van der Waals surface area contributed by atoms with Crippen molar-refractivity contribution in [2.45, 2.75) is 19.4 Å². The Labute approximate surface area is 186 Å². The summed E-state index contributed by atoms with van der Waals surface area (Å²) in [7, 11) is 0. The van der Waals surface area contributed by atoms with Crippen molar-refractivity contribution in [3.8, 4) is 0 Å². The minimum absolute atomic E-state index is 0.110. The van der Waals surface area contributed by atoms with Gasteiger partial charge in [-0.15, -0.1) is 0 Å². The van der Waals surface area contributed by atoms with Crippen molar-refractivity contribution in [1.82, 2.24) is 25.1 Å². The number of carbonyl (C=O) groups is 3. The molecule has 0 saturated carbocycles. The minimum atomic E-state index is -0.595. The van der Waals surface area contributed by atoms with Crippen LogP contribution in [0.15, 0.2) is 42.9 Å². The molecule has 0 radical (unpaired) electrons. The zero-order chi connectivity index (χ0) is 22.2. The van der Waals surface area contributed by atoms with E-state index in [0.717, 1.165) is 11.3 Å². The number of rotatable bonds is 7. The first-order chi connectivity index (χ1) is 15.0. The van der Waals surface area contributed by atoms with Gasteiger partial charge in [0.1, 0.15) is 11.7 Å². The highest BCUT2D eigenvalue weighted by atomic mass is 32.2. The van der Waals surface area contributed by atoms with Gasteiger partial charge in [0.15, 0.2) is 0 Å². The van der Waals surface area contributed by atoms with Crippen molar-refractivity contribution in [3.63, 3.8) is 0 Å². The van der Waals surface area contributed by atoms with Gasteiger partial charge in [0.05, 0.1) is 6.20 Å². The molecule has 31 heavy (non-hydrogen) atoms. The van der Waals surface area contributed by atoms with Crippen LogP contribution in [-0.4, -0.2) is 81.7 Å². The molecule has 3 amide bonds. The topological polar surface area (TPSA) is 95.5 Å². The molecule has 1 aliphatic rings. The number of thioether (sulfide) groups is 1. The van der Waals surface area contributed by atoms with Gasteiger partial charge in [-0.05, 0) is 37.5 Å². The van der Waals surface area contributed by atoms with Crippen LogP contribution in [0.4, 0.5) is 0 Å². The third-order valence-electron chi connectivity index (χ3n) is 5.16. The molecule has 1 aliphatic heterocycles. The number of nitrogens with one attached hydrogen (secondary N) is 1. The zero-order valence-electron chi connectivity index (χ0n) is 17.8. The number of aryl methyl sites for hydroxylation is 1. The molecule has 164 valence electrons. The molecule has 1 N–H and O–H groups in total. The smallest absolute Gasteiger partial charge is 0.274 e.